The van der Waals surface area contributed by atoms with Crippen molar-refractivity contribution < 1.29 is 4.74 Å². The minimum absolute atomic E-state index is 0.531. The Kier molecular flexibility index (Phi) is 11.2. The molecule has 0 bridgehead atoms. The fourth-order valence-corrected chi connectivity index (χ4v) is 8.98. The van der Waals surface area contributed by atoms with Crippen molar-refractivity contribution in [2.75, 3.05) is 7.11 Å². The van der Waals surface area contributed by atoms with Crippen molar-refractivity contribution in [2.45, 2.75) is 130 Å². The molecule has 1 nitrogen and oxygen atoms in total. The second kappa shape index (κ2) is 12.8. The van der Waals surface area contributed by atoms with Gasteiger partial charge in [0.1, 0.15) is 0 Å². The van der Waals surface area contributed by atoms with Gasteiger partial charge in [-0.2, -0.15) is 0 Å². The molecule has 3 unspecified atom stereocenters. The van der Waals surface area contributed by atoms with E-state index in [0.29, 0.717) is 19.3 Å². The predicted octanol–water partition coefficient (Wildman–Crippen LogP) is 8.51. The number of hydrogen-bond acceptors (Lipinski definition) is 1. The van der Waals surface area contributed by atoms with Crippen molar-refractivity contribution in [3.05, 3.63) is 22.3 Å². The van der Waals surface area contributed by atoms with Crippen LogP contribution in [0.25, 0.3) is 0 Å². The van der Waals surface area contributed by atoms with Crippen LogP contribution in [0.5, 0.6) is 5.75 Å². The van der Waals surface area contributed by atoms with Crippen LogP contribution in [0.4, 0.5) is 0 Å². The average molecular weight is 508 g/mol. The topological polar surface area (TPSA) is 9.23 Å². The number of ether oxygens (including phenoxy) is 1. The van der Waals surface area contributed by atoms with E-state index in [9.17, 15) is 0 Å². The summed E-state index contributed by atoms with van der Waals surface area (Å²) < 4.78 is 7.97. The van der Waals surface area contributed by atoms with Gasteiger partial charge < -0.3 is 0 Å². The molecule has 1 aliphatic rings. The van der Waals surface area contributed by atoms with Gasteiger partial charge >= 0.3 is 188 Å². The van der Waals surface area contributed by atoms with Gasteiger partial charge in [-0.1, -0.05) is 13.8 Å². The van der Waals surface area contributed by atoms with E-state index >= 15 is 0 Å². The van der Waals surface area contributed by atoms with Gasteiger partial charge in [0, 0.05) is 0 Å². The normalized spacial score (nSPS) is 20.3. The number of methoxy groups -OCH3 is 1. The van der Waals surface area contributed by atoms with Gasteiger partial charge in [-0.05, 0) is 5.92 Å². The summed E-state index contributed by atoms with van der Waals surface area (Å²) in [6.45, 7) is 19.1. The third kappa shape index (κ3) is 7.80. The Balaban J connectivity index is 1.77. The molecule has 1 heterocycles. The SMILES string of the molecule is COc1c(C)c(C)c2c(c1C)CCC(C)(CCCC(C)CCCC(C)CCCC(C)C)[Se]2. The van der Waals surface area contributed by atoms with Gasteiger partial charge in [0.05, 0.1) is 0 Å². The summed E-state index contributed by atoms with van der Waals surface area (Å²) in [6, 6.07) is 0. The number of fused-ring (bicyclic) bond motifs is 1. The Hall–Kier alpha value is -0.461. The first-order chi connectivity index (χ1) is 15.1. The van der Waals surface area contributed by atoms with E-state index in [1.807, 2.05) is 7.11 Å². The van der Waals surface area contributed by atoms with Crippen LogP contribution in [0.2, 0.25) is 4.31 Å². The van der Waals surface area contributed by atoms with Crippen molar-refractivity contribution in [2.24, 2.45) is 17.8 Å². The number of rotatable bonds is 13. The van der Waals surface area contributed by atoms with E-state index in [1.165, 1.54) is 87.3 Å². The molecule has 3 atom stereocenters. The molecule has 32 heavy (non-hydrogen) atoms. The minimum atomic E-state index is 0.531. The molecule has 2 heteroatoms. The molecule has 0 saturated heterocycles. The zero-order chi connectivity index (χ0) is 23.9. The predicted molar refractivity (Wildman–Crippen MR) is 144 cm³/mol. The molecule has 1 aromatic carbocycles. The average Bonchev–Trinajstić information content (AvgIpc) is 2.72. The number of hydrogen-bond donors (Lipinski definition) is 0. The molecule has 0 spiro atoms. The third-order valence-corrected chi connectivity index (χ3v) is 11.5. The second-order valence-electron chi connectivity index (χ2n) is 11.6. The summed E-state index contributed by atoms with van der Waals surface area (Å²) >= 11 is 0.571. The van der Waals surface area contributed by atoms with E-state index in [0.717, 1.165) is 23.5 Å². The summed E-state index contributed by atoms with van der Waals surface area (Å²) in [4.78, 5) is 0. The Morgan fingerprint density at radius 3 is 1.94 bits per heavy atom. The number of benzene rings is 1. The first kappa shape index (κ1) is 27.8. The summed E-state index contributed by atoms with van der Waals surface area (Å²) in [6.07, 6.45) is 15.4. The van der Waals surface area contributed by atoms with Gasteiger partial charge in [0.25, 0.3) is 0 Å². The van der Waals surface area contributed by atoms with Gasteiger partial charge in [0.2, 0.25) is 0 Å². The third-order valence-electron chi connectivity index (χ3n) is 8.04. The molecule has 0 fully saturated rings. The molecular formula is C30H52OSe. The van der Waals surface area contributed by atoms with Crippen LogP contribution in [0.3, 0.4) is 0 Å². The van der Waals surface area contributed by atoms with Crippen LogP contribution in [0.1, 0.15) is 121 Å². The standard InChI is InChI=1S/C30H52OSe/c1-21(2)13-10-14-22(3)15-11-16-23(4)17-12-19-30(8)20-18-27-26(7)28(31-9)24(5)25(6)29(27)32-30/h21-23H,10-20H2,1-9H3. The van der Waals surface area contributed by atoms with Gasteiger partial charge in [0.15, 0.2) is 0 Å². The summed E-state index contributed by atoms with van der Waals surface area (Å²) in [5, 5.41) is 0. The monoisotopic (exact) mass is 508 g/mol. The Morgan fingerprint density at radius 2 is 1.38 bits per heavy atom. The van der Waals surface area contributed by atoms with Crippen molar-refractivity contribution in [3.63, 3.8) is 0 Å². The summed E-state index contributed by atoms with van der Waals surface area (Å²) in [5.41, 5.74) is 5.88. The molecule has 0 N–H and O–H groups in total. The van der Waals surface area contributed by atoms with E-state index in [1.54, 1.807) is 10.0 Å². The van der Waals surface area contributed by atoms with Gasteiger partial charge in [-0.15, -0.1) is 0 Å². The molecular weight excluding hydrogens is 455 g/mol. The fourth-order valence-electron chi connectivity index (χ4n) is 5.57. The molecule has 0 amide bonds. The molecule has 0 saturated carbocycles. The molecule has 0 radical (unpaired) electrons. The van der Waals surface area contributed by atoms with Crippen LogP contribution < -0.4 is 9.20 Å². The molecule has 1 aromatic rings. The van der Waals surface area contributed by atoms with Crippen LogP contribution in [-0.4, -0.2) is 22.1 Å². The van der Waals surface area contributed by atoms with Crippen molar-refractivity contribution >= 4 is 19.4 Å². The Morgan fingerprint density at radius 1 is 0.812 bits per heavy atom. The molecule has 184 valence electrons. The van der Waals surface area contributed by atoms with Crippen LogP contribution in [0.15, 0.2) is 0 Å². The van der Waals surface area contributed by atoms with E-state index < -0.39 is 0 Å². The van der Waals surface area contributed by atoms with E-state index in [-0.39, 0.29) is 0 Å². The second-order valence-corrected chi connectivity index (χ2v) is 15.0. The van der Waals surface area contributed by atoms with Crippen molar-refractivity contribution in [1.29, 1.82) is 0 Å². The molecule has 0 aliphatic carbocycles. The van der Waals surface area contributed by atoms with Gasteiger partial charge in [-0.25, -0.2) is 0 Å². The summed E-state index contributed by atoms with van der Waals surface area (Å²) in [7, 11) is 1.83. The van der Waals surface area contributed by atoms with Crippen molar-refractivity contribution in [3.8, 4) is 5.75 Å². The fraction of sp³-hybridized carbons (Fsp3) is 0.800. The maximum absolute atomic E-state index is 5.75. The maximum atomic E-state index is 5.75. The molecule has 2 rings (SSSR count). The van der Waals surface area contributed by atoms with Crippen LogP contribution >= 0.6 is 0 Å². The quantitative estimate of drug-likeness (QED) is 0.243. The first-order valence-electron chi connectivity index (χ1n) is 13.4. The van der Waals surface area contributed by atoms with E-state index in [4.69, 9.17) is 4.74 Å². The van der Waals surface area contributed by atoms with Crippen LogP contribution in [-0.2, 0) is 6.42 Å². The van der Waals surface area contributed by atoms with Crippen LogP contribution in [0, 0.1) is 38.5 Å². The van der Waals surface area contributed by atoms with Gasteiger partial charge in [-0.3, -0.25) is 0 Å². The van der Waals surface area contributed by atoms with E-state index in [2.05, 4.69) is 55.4 Å². The zero-order valence-corrected chi connectivity index (χ0v) is 24.5. The molecule has 1 aliphatic heterocycles. The molecule has 0 aromatic heterocycles. The zero-order valence-electron chi connectivity index (χ0n) is 22.8. The Labute approximate surface area is 207 Å². The first-order valence-corrected chi connectivity index (χ1v) is 15.1. The summed E-state index contributed by atoms with van der Waals surface area (Å²) in [5.74, 6) is 3.80. The van der Waals surface area contributed by atoms with Crippen molar-refractivity contribution in [1.82, 2.24) is 0 Å². The Bertz CT molecular complexity index is 722.